The summed E-state index contributed by atoms with van der Waals surface area (Å²) in [6, 6.07) is 5.56. The Morgan fingerprint density at radius 2 is 2.09 bits per heavy atom. The average molecular weight is 333 g/mol. The SMILES string of the molecule is CCSc1nnc(N)n1C(CC)C(=O)Nc1cc(C)ccc1C. The lowest BCUT2D eigenvalue weighted by molar-refractivity contribution is -0.119. The molecule has 2 rings (SSSR count). The Morgan fingerprint density at radius 3 is 2.74 bits per heavy atom. The van der Waals surface area contributed by atoms with Crippen LogP contribution in [0.1, 0.15) is 37.4 Å². The van der Waals surface area contributed by atoms with Crippen LogP contribution in [0.4, 0.5) is 11.6 Å². The molecule has 0 spiro atoms. The highest BCUT2D eigenvalue weighted by Crippen LogP contribution is 2.26. The molecule has 1 unspecified atom stereocenters. The van der Waals surface area contributed by atoms with Crippen molar-refractivity contribution in [1.29, 1.82) is 0 Å². The number of anilines is 2. The van der Waals surface area contributed by atoms with E-state index in [-0.39, 0.29) is 11.9 Å². The molecule has 1 atom stereocenters. The van der Waals surface area contributed by atoms with Gasteiger partial charge in [-0.25, -0.2) is 0 Å². The average Bonchev–Trinajstić information content (AvgIpc) is 2.86. The number of amides is 1. The van der Waals surface area contributed by atoms with Gasteiger partial charge in [0.15, 0.2) is 5.16 Å². The third kappa shape index (κ3) is 3.85. The highest BCUT2D eigenvalue weighted by atomic mass is 32.2. The molecule has 1 amide bonds. The first-order valence-corrected chi connectivity index (χ1v) is 8.67. The largest absolute Gasteiger partial charge is 0.368 e. The summed E-state index contributed by atoms with van der Waals surface area (Å²) in [5.74, 6) is 1.00. The zero-order chi connectivity index (χ0) is 17.0. The summed E-state index contributed by atoms with van der Waals surface area (Å²) in [7, 11) is 0. The number of hydrogen-bond acceptors (Lipinski definition) is 5. The first kappa shape index (κ1) is 17.3. The van der Waals surface area contributed by atoms with Gasteiger partial charge in [0.1, 0.15) is 6.04 Å². The first-order valence-electron chi connectivity index (χ1n) is 7.69. The van der Waals surface area contributed by atoms with Crippen molar-refractivity contribution in [3.05, 3.63) is 29.3 Å². The van der Waals surface area contributed by atoms with E-state index >= 15 is 0 Å². The van der Waals surface area contributed by atoms with Crippen LogP contribution in [0.15, 0.2) is 23.4 Å². The molecule has 0 aliphatic rings. The van der Waals surface area contributed by atoms with Crippen LogP contribution in [0.2, 0.25) is 0 Å². The Morgan fingerprint density at radius 1 is 1.35 bits per heavy atom. The van der Waals surface area contributed by atoms with E-state index in [1.165, 1.54) is 11.8 Å². The van der Waals surface area contributed by atoms with E-state index in [2.05, 4.69) is 15.5 Å². The van der Waals surface area contributed by atoms with Crippen molar-refractivity contribution in [2.24, 2.45) is 0 Å². The van der Waals surface area contributed by atoms with E-state index < -0.39 is 6.04 Å². The molecule has 0 fully saturated rings. The van der Waals surface area contributed by atoms with Gasteiger partial charge in [-0.2, -0.15) is 0 Å². The molecule has 7 heteroatoms. The zero-order valence-electron chi connectivity index (χ0n) is 14.0. The number of carbonyl (C=O) groups is 1. The number of nitrogens with two attached hydrogens (primary N) is 1. The Hall–Kier alpha value is -2.02. The predicted molar refractivity (Wildman–Crippen MR) is 94.7 cm³/mol. The van der Waals surface area contributed by atoms with Crippen LogP contribution in [0.25, 0.3) is 0 Å². The second kappa shape index (κ2) is 7.50. The number of aromatic nitrogens is 3. The lowest BCUT2D eigenvalue weighted by Gasteiger charge is -2.19. The van der Waals surface area contributed by atoms with Crippen molar-refractivity contribution >= 4 is 29.3 Å². The molecule has 0 radical (unpaired) electrons. The molecule has 1 heterocycles. The number of nitrogen functional groups attached to an aromatic ring is 1. The molecular formula is C16H23N5OS. The standard InChI is InChI=1S/C16H23N5OS/c1-5-13(21-15(17)19-20-16(21)23-6-2)14(22)18-12-9-10(3)7-8-11(12)4/h7-9,13H,5-6H2,1-4H3,(H2,17,19)(H,18,22). The molecule has 1 aromatic carbocycles. The molecule has 0 bridgehead atoms. The Balaban J connectivity index is 2.29. The minimum Gasteiger partial charge on any atom is -0.368 e. The fraction of sp³-hybridized carbons (Fsp3) is 0.438. The van der Waals surface area contributed by atoms with E-state index in [0.717, 1.165) is 22.6 Å². The van der Waals surface area contributed by atoms with Crippen molar-refractivity contribution in [2.45, 2.75) is 45.3 Å². The van der Waals surface area contributed by atoms with Gasteiger partial charge in [0.05, 0.1) is 0 Å². The number of aryl methyl sites for hydroxylation is 2. The normalized spacial score (nSPS) is 12.2. The number of rotatable bonds is 6. The highest BCUT2D eigenvalue weighted by Gasteiger charge is 2.25. The van der Waals surface area contributed by atoms with Crippen LogP contribution in [0, 0.1) is 13.8 Å². The van der Waals surface area contributed by atoms with Crippen LogP contribution in [-0.4, -0.2) is 26.4 Å². The van der Waals surface area contributed by atoms with Crippen LogP contribution in [0.5, 0.6) is 0 Å². The smallest absolute Gasteiger partial charge is 0.247 e. The van der Waals surface area contributed by atoms with Crippen molar-refractivity contribution in [2.75, 3.05) is 16.8 Å². The molecular weight excluding hydrogens is 310 g/mol. The third-order valence-corrected chi connectivity index (χ3v) is 4.44. The summed E-state index contributed by atoms with van der Waals surface area (Å²) in [6.07, 6.45) is 0.607. The van der Waals surface area contributed by atoms with Gasteiger partial charge in [-0.15, -0.1) is 10.2 Å². The van der Waals surface area contributed by atoms with E-state index in [4.69, 9.17) is 5.73 Å². The van der Waals surface area contributed by atoms with E-state index in [1.807, 2.05) is 45.9 Å². The quantitative estimate of drug-likeness (QED) is 0.793. The number of nitrogens with zero attached hydrogens (tertiary/aromatic N) is 3. The first-order chi connectivity index (χ1) is 11.0. The molecule has 0 aliphatic heterocycles. The summed E-state index contributed by atoms with van der Waals surface area (Å²) in [5, 5.41) is 11.7. The molecule has 0 saturated heterocycles. The fourth-order valence-corrected chi connectivity index (χ4v) is 3.10. The fourth-order valence-electron chi connectivity index (χ4n) is 2.38. The van der Waals surface area contributed by atoms with Crippen molar-refractivity contribution in [1.82, 2.24) is 14.8 Å². The van der Waals surface area contributed by atoms with Gasteiger partial charge in [0, 0.05) is 5.69 Å². The number of carbonyl (C=O) groups excluding carboxylic acids is 1. The van der Waals surface area contributed by atoms with Crippen molar-refractivity contribution in [3.8, 4) is 0 Å². The number of nitrogens with one attached hydrogen (secondary N) is 1. The van der Waals surface area contributed by atoms with E-state index in [0.29, 0.717) is 11.6 Å². The predicted octanol–water partition coefficient (Wildman–Crippen LogP) is 3.18. The van der Waals surface area contributed by atoms with Gasteiger partial charge >= 0.3 is 0 Å². The third-order valence-electron chi connectivity index (χ3n) is 3.62. The van der Waals surface area contributed by atoms with Gasteiger partial charge in [-0.1, -0.05) is 37.7 Å². The van der Waals surface area contributed by atoms with E-state index in [9.17, 15) is 4.79 Å². The molecule has 124 valence electrons. The van der Waals surface area contributed by atoms with E-state index in [1.54, 1.807) is 4.57 Å². The van der Waals surface area contributed by atoms with Crippen LogP contribution in [-0.2, 0) is 4.79 Å². The molecule has 2 aromatic rings. The number of hydrogen-bond donors (Lipinski definition) is 2. The summed E-state index contributed by atoms with van der Waals surface area (Å²) in [6.45, 7) is 7.95. The van der Waals surface area contributed by atoms with Crippen LogP contribution in [0.3, 0.4) is 0 Å². The Kier molecular flexibility index (Phi) is 5.65. The van der Waals surface area contributed by atoms with Crippen LogP contribution >= 0.6 is 11.8 Å². The topological polar surface area (TPSA) is 85.8 Å². The number of thioether (sulfide) groups is 1. The highest BCUT2D eigenvalue weighted by molar-refractivity contribution is 7.99. The maximum atomic E-state index is 12.8. The molecule has 0 saturated carbocycles. The maximum Gasteiger partial charge on any atom is 0.247 e. The molecule has 23 heavy (non-hydrogen) atoms. The van der Waals surface area contributed by atoms with Crippen molar-refractivity contribution < 1.29 is 4.79 Å². The molecule has 6 nitrogen and oxygen atoms in total. The molecule has 0 aliphatic carbocycles. The van der Waals surface area contributed by atoms with Gasteiger partial charge in [0.2, 0.25) is 11.9 Å². The second-order valence-electron chi connectivity index (χ2n) is 5.38. The summed E-state index contributed by atoms with van der Waals surface area (Å²) in [5.41, 5.74) is 8.88. The molecule has 3 N–H and O–H groups in total. The molecule has 1 aromatic heterocycles. The zero-order valence-corrected chi connectivity index (χ0v) is 14.8. The van der Waals surface area contributed by atoms with Gasteiger partial charge in [-0.05, 0) is 43.2 Å². The Labute approximate surface area is 140 Å². The summed E-state index contributed by atoms with van der Waals surface area (Å²) in [4.78, 5) is 12.8. The Bertz CT molecular complexity index is 698. The van der Waals surface area contributed by atoms with Gasteiger partial charge in [-0.3, -0.25) is 9.36 Å². The van der Waals surface area contributed by atoms with Crippen LogP contribution < -0.4 is 11.1 Å². The number of benzene rings is 1. The van der Waals surface area contributed by atoms with Gasteiger partial charge in [0.25, 0.3) is 0 Å². The minimum atomic E-state index is -0.432. The second-order valence-corrected chi connectivity index (χ2v) is 6.61. The van der Waals surface area contributed by atoms with Gasteiger partial charge < -0.3 is 11.1 Å². The maximum absolute atomic E-state index is 12.8. The monoisotopic (exact) mass is 333 g/mol. The summed E-state index contributed by atoms with van der Waals surface area (Å²) >= 11 is 1.53. The lowest BCUT2D eigenvalue weighted by Crippen LogP contribution is -2.27. The minimum absolute atomic E-state index is 0.106. The summed E-state index contributed by atoms with van der Waals surface area (Å²) < 4.78 is 1.72. The lowest BCUT2D eigenvalue weighted by atomic mass is 10.1. The van der Waals surface area contributed by atoms with Crippen molar-refractivity contribution in [3.63, 3.8) is 0 Å².